The van der Waals surface area contributed by atoms with Crippen molar-refractivity contribution in [1.82, 2.24) is 0 Å². The number of carboxylic acid groups (broad SMARTS) is 1. The van der Waals surface area contributed by atoms with E-state index in [-0.39, 0.29) is 11.7 Å². The number of ether oxygens (including phenoxy) is 1. The van der Waals surface area contributed by atoms with Gasteiger partial charge < -0.3 is 14.3 Å². The van der Waals surface area contributed by atoms with Crippen LogP contribution in [0.15, 0.2) is 56.3 Å². The van der Waals surface area contributed by atoms with Crippen LogP contribution in [0.3, 0.4) is 0 Å². The van der Waals surface area contributed by atoms with Crippen molar-refractivity contribution in [1.29, 1.82) is 0 Å². The number of unbranched alkanes of at least 4 members (excludes halogenated alkanes) is 4. The molecular formula is C24H29NO4. The number of aromatic carboxylic acids is 1. The molecule has 1 atom stereocenters. The first-order chi connectivity index (χ1) is 14.2. The molecule has 2 heterocycles. The Labute approximate surface area is 171 Å². The van der Waals surface area contributed by atoms with Gasteiger partial charge >= 0.3 is 5.97 Å². The third kappa shape index (κ3) is 4.24. The van der Waals surface area contributed by atoms with Gasteiger partial charge in [-0.1, -0.05) is 45.1 Å². The Morgan fingerprint density at radius 3 is 2.83 bits per heavy atom. The molecule has 0 spiro atoms. The minimum absolute atomic E-state index is 0.125. The summed E-state index contributed by atoms with van der Waals surface area (Å²) in [6.07, 6.45) is 16.3. The van der Waals surface area contributed by atoms with Crippen LogP contribution in [0.1, 0.15) is 81.7 Å². The van der Waals surface area contributed by atoms with Crippen molar-refractivity contribution in [3.8, 4) is 5.95 Å². The molecule has 0 radical (unpaired) electrons. The molecule has 3 aliphatic rings. The van der Waals surface area contributed by atoms with Gasteiger partial charge in [0.2, 0.25) is 5.76 Å². The molecule has 5 nitrogen and oxygen atoms in total. The van der Waals surface area contributed by atoms with E-state index in [2.05, 4.69) is 13.0 Å². The molecule has 0 aromatic carbocycles. The molecule has 1 N–H and O–H groups in total. The first-order valence-electron chi connectivity index (χ1n) is 10.9. The minimum Gasteiger partial charge on any atom is -0.475 e. The molecule has 4 rings (SSSR count). The highest BCUT2D eigenvalue weighted by molar-refractivity contribution is 6.05. The first-order valence-corrected chi connectivity index (χ1v) is 10.9. The van der Waals surface area contributed by atoms with Gasteiger partial charge in [-0.2, -0.15) is 0 Å². The third-order valence-electron chi connectivity index (χ3n) is 5.97. The molecule has 1 saturated carbocycles. The average molecular weight is 395 g/mol. The number of fused-ring (bicyclic) bond motifs is 2. The number of furan rings is 1. The molecule has 154 valence electrons. The second kappa shape index (κ2) is 8.85. The van der Waals surface area contributed by atoms with Crippen LogP contribution in [0.2, 0.25) is 0 Å². The maximum atomic E-state index is 11.1. The highest BCUT2D eigenvalue weighted by Crippen LogP contribution is 2.44. The third-order valence-corrected chi connectivity index (χ3v) is 5.97. The van der Waals surface area contributed by atoms with Crippen LogP contribution in [0.5, 0.6) is 5.95 Å². The summed E-state index contributed by atoms with van der Waals surface area (Å²) >= 11 is 0. The highest BCUT2D eigenvalue weighted by Gasteiger charge is 2.34. The predicted octanol–water partition coefficient (Wildman–Crippen LogP) is 6.44. The summed E-state index contributed by atoms with van der Waals surface area (Å²) < 4.78 is 11.2. The van der Waals surface area contributed by atoms with Gasteiger partial charge in [0.05, 0.1) is 0 Å². The van der Waals surface area contributed by atoms with Crippen molar-refractivity contribution in [2.24, 2.45) is 10.9 Å². The van der Waals surface area contributed by atoms with Crippen molar-refractivity contribution >= 4 is 11.7 Å². The molecule has 0 saturated heterocycles. The summed E-state index contributed by atoms with van der Waals surface area (Å²) in [5.41, 5.74) is 4.89. The van der Waals surface area contributed by atoms with E-state index in [0.717, 1.165) is 25.0 Å². The van der Waals surface area contributed by atoms with Crippen molar-refractivity contribution in [2.75, 3.05) is 0 Å². The van der Waals surface area contributed by atoms with Gasteiger partial charge in [0.1, 0.15) is 5.70 Å². The second-order valence-corrected chi connectivity index (χ2v) is 8.07. The van der Waals surface area contributed by atoms with Crippen LogP contribution < -0.4 is 4.74 Å². The maximum Gasteiger partial charge on any atom is 0.371 e. The number of rotatable bonds is 9. The van der Waals surface area contributed by atoms with Gasteiger partial charge in [-0.15, -0.1) is 0 Å². The van der Waals surface area contributed by atoms with Gasteiger partial charge in [-0.25, -0.2) is 9.79 Å². The van der Waals surface area contributed by atoms with Crippen LogP contribution >= 0.6 is 0 Å². The number of carbonyl (C=O) groups is 1. The Balaban J connectivity index is 1.56. The summed E-state index contributed by atoms with van der Waals surface area (Å²) in [4.78, 5) is 16.0. The van der Waals surface area contributed by atoms with E-state index < -0.39 is 5.97 Å². The summed E-state index contributed by atoms with van der Waals surface area (Å²) in [5, 5.41) is 9.06. The first kappa shape index (κ1) is 19.7. The highest BCUT2D eigenvalue weighted by atomic mass is 16.6. The van der Waals surface area contributed by atoms with Gasteiger partial charge in [0.15, 0.2) is 5.76 Å². The number of aliphatic imine (C=N–C) groups is 1. The van der Waals surface area contributed by atoms with E-state index in [1.165, 1.54) is 67.9 Å². The maximum absolute atomic E-state index is 11.1. The molecule has 5 heteroatoms. The number of allylic oxidation sites excluding steroid dienone is 4. The lowest BCUT2D eigenvalue weighted by atomic mass is 9.81. The zero-order valence-electron chi connectivity index (χ0n) is 17.1. The van der Waals surface area contributed by atoms with E-state index in [9.17, 15) is 4.79 Å². The van der Waals surface area contributed by atoms with E-state index >= 15 is 0 Å². The van der Waals surface area contributed by atoms with Crippen LogP contribution in [0, 0.1) is 5.92 Å². The Kier molecular flexibility index (Phi) is 6.02. The van der Waals surface area contributed by atoms with Crippen molar-refractivity contribution in [3.05, 3.63) is 52.6 Å². The lowest BCUT2D eigenvalue weighted by Gasteiger charge is -2.23. The smallest absolute Gasteiger partial charge is 0.371 e. The van der Waals surface area contributed by atoms with E-state index in [0.29, 0.717) is 11.7 Å². The average Bonchev–Trinajstić information content (AvgIpc) is 3.34. The fourth-order valence-electron chi connectivity index (χ4n) is 4.50. The molecule has 0 bridgehead atoms. The van der Waals surface area contributed by atoms with Gasteiger partial charge in [0, 0.05) is 17.7 Å². The summed E-state index contributed by atoms with van der Waals surface area (Å²) in [5.74, 6) is 0.00417. The molecule has 1 aromatic heterocycles. The van der Waals surface area contributed by atoms with E-state index in [4.69, 9.17) is 19.3 Å². The Bertz CT molecular complexity index is 900. The topological polar surface area (TPSA) is 72.0 Å². The zero-order chi connectivity index (χ0) is 20.2. The van der Waals surface area contributed by atoms with Crippen molar-refractivity contribution < 1.29 is 19.1 Å². The van der Waals surface area contributed by atoms with Crippen LogP contribution in [0.4, 0.5) is 0 Å². The van der Waals surface area contributed by atoms with Gasteiger partial charge in [0.25, 0.3) is 5.95 Å². The molecule has 1 fully saturated rings. The lowest BCUT2D eigenvalue weighted by molar-refractivity contribution is 0.0656. The predicted molar refractivity (Wildman–Crippen MR) is 112 cm³/mol. The number of hydrogen-bond acceptors (Lipinski definition) is 4. The normalized spacial score (nSPS) is 20.6. The minimum atomic E-state index is -1.10. The van der Waals surface area contributed by atoms with Crippen LogP contribution in [-0.2, 0) is 0 Å². The van der Waals surface area contributed by atoms with Gasteiger partial charge in [-0.05, 0) is 55.4 Å². The Hall–Kier alpha value is -2.56. The largest absolute Gasteiger partial charge is 0.475 e. The number of carboxylic acids is 1. The molecule has 29 heavy (non-hydrogen) atoms. The molecule has 2 aliphatic carbocycles. The van der Waals surface area contributed by atoms with Crippen molar-refractivity contribution in [3.63, 3.8) is 0 Å². The monoisotopic (exact) mass is 395 g/mol. The summed E-state index contributed by atoms with van der Waals surface area (Å²) in [7, 11) is 0. The fraction of sp³-hybridized carbons (Fsp3) is 0.500. The second-order valence-electron chi connectivity index (χ2n) is 8.07. The standard InChI is InChI=1S/C24H29NO4/c1-2-3-4-5-6-9-16-12-13-19(28-21-15-14-20(29-21)24(26)27)23-22(16)17-10-7-8-11-18(17)25-23/h12-16H,2-11H2,1H3,(H,26,27). The SMILES string of the molecule is CCCCCCCC1C=CC(Oc2ccc(C(=O)O)o2)=C2N=C3CCCCC3=C21. The van der Waals surface area contributed by atoms with Crippen LogP contribution in [-0.4, -0.2) is 16.8 Å². The van der Waals surface area contributed by atoms with Gasteiger partial charge in [-0.3, -0.25) is 0 Å². The summed E-state index contributed by atoms with van der Waals surface area (Å²) in [6.45, 7) is 2.24. The molecular weight excluding hydrogens is 366 g/mol. The molecule has 0 amide bonds. The van der Waals surface area contributed by atoms with E-state index in [1.54, 1.807) is 6.07 Å². The molecule has 1 aliphatic heterocycles. The van der Waals surface area contributed by atoms with E-state index in [1.807, 2.05) is 6.08 Å². The zero-order valence-corrected chi connectivity index (χ0v) is 17.1. The lowest BCUT2D eigenvalue weighted by Crippen LogP contribution is -2.13. The Morgan fingerprint density at radius 1 is 1.21 bits per heavy atom. The van der Waals surface area contributed by atoms with Crippen LogP contribution in [0.25, 0.3) is 0 Å². The number of nitrogens with zero attached hydrogens (tertiary/aromatic N) is 1. The quantitative estimate of drug-likeness (QED) is 0.488. The number of hydrogen-bond donors (Lipinski definition) is 1. The summed E-state index contributed by atoms with van der Waals surface area (Å²) in [6, 6.07) is 2.96. The molecule has 1 unspecified atom stereocenters. The van der Waals surface area contributed by atoms with Crippen molar-refractivity contribution in [2.45, 2.75) is 71.1 Å². The molecule has 1 aromatic rings. The Morgan fingerprint density at radius 2 is 2.03 bits per heavy atom. The fourth-order valence-corrected chi connectivity index (χ4v) is 4.50.